The van der Waals surface area contributed by atoms with Crippen LogP contribution in [0, 0.1) is 0 Å². The van der Waals surface area contributed by atoms with Gasteiger partial charge in [0.1, 0.15) is 0 Å². The molecule has 18 heavy (non-hydrogen) atoms. The van der Waals surface area contributed by atoms with E-state index in [9.17, 15) is 4.79 Å². The standard InChI is InChI=1S/C13H11ClN2OS/c14-12-5-3-11(18-12)4-6-13(17)16-9-10-2-1-7-15-8-10/h1-8H,9H2,(H,16,17). The third-order valence-corrected chi connectivity index (χ3v) is 3.38. The number of thiophene rings is 1. The van der Waals surface area contributed by atoms with Gasteiger partial charge in [0.15, 0.2) is 0 Å². The summed E-state index contributed by atoms with van der Waals surface area (Å²) >= 11 is 7.23. The van der Waals surface area contributed by atoms with Gasteiger partial charge in [-0.15, -0.1) is 11.3 Å². The number of hydrogen-bond acceptors (Lipinski definition) is 3. The smallest absolute Gasteiger partial charge is 0.244 e. The lowest BCUT2D eigenvalue weighted by Gasteiger charge is -2.00. The van der Waals surface area contributed by atoms with Crippen LogP contribution in [-0.4, -0.2) is 10.9 Å². The Morgan fingerprint density at radius 2 is 2.33 bits per heavy atom. The average Bonchev–Trinajstić information content (AvgIpc) is 2.81. The summed E-state index contributed by atoms with van der Waals surface area (Å²) in [4.78, 5) is 16.5. The molecule has 1 N–H and O–H groups in total. The van der Waals surface area contributed by atoms with Crippen LogP contribution in [0.25, 0.3) is 6.08 Å². The Bertz CT molecular complexity index is 551. The Morgan fingerprint density at radius 1 is 1.44 bits per heavy atom. The molecule has 0 unspecified atom stereocenters. The molecular weight excluding hydrogens is 268 g/mol. The lowest BCUT2D eigenvalue weighted by molar-refractivity contribution is -0.116. The number of amides is 1. The van der Waals surface area contributed by atoms with Crippen molar-refractivity contribution in [1.29, 1.82) is 0 Å². The Balaban J connectivity index is 1.84. The van der Waals surface area contributed by atoms with E-state index >= 15 is 0 Å². The van der Waals surface area contributed by atoms with Crippen LogP contribution in [0.5, 0.6) is 0 Å². The summed E-state index contributed by atoms with van der Waals surface area (Å²) in [5, 5.41) is 2.78. The zero-order valence-electron chi connectivity index (χ0n) is 9.47. The first-order chi connectivity index (χ1) is 8.74. The van der Waals surface area contributed by atoms with E-state index in [1.54, 1.807) is 24.5 Å². The second-order valence-electron chi connectivity index (χ2n) is 3.55. The van der Waals surface area contributed by atoms with Crippen LogP contribution < -0.4 is 5.32 Å². The van der Waals surface area contributed by atoms with E-state index < -0.39 is 0 Å². The number of nitrogens with zero attached hydrogens (tertiary/aromatic N) is 1. The number of pyridine rings is 1. The van der Waals surface area contributed by atoms with E-state index in [1.807, 2.05) is 18.2 Å². The average molecular weight is 279 g/mol. The number of aromatic nitrogens is 1. The number of rotatable bonds is 4. The molecule has 0 aliphatic carbocycles. The van der Waals surface area contributed by atoms with Gasteiger partial charge >= 0.3 is 0 Å². The van der Waals surface area contributed by atoms with Crippen molar-refractivity contribution in [2.45, 2.75) is 6.54 Å². The molecule has 2 heterocycles. The van der Waals surface area contributed by atoms with Crippen molar-refractivity contribution < 1.29 is 4.79 Å². The van der Waals surface area contributed by atoms with Gasteiger partial charge in [-0.25, -0.2) is 0 Å². The Labute approximate surface area is 114 Å². The first-order valence-electron chi connectivity index (χ1n) is 5.34. The van der Waals surface area contributed by atoms with Gasteiger partial charge in [-0.3, -0.25) is 9.78 Å². The van der Waals surface area contributed by atoms with Crippen LogP contribution in [0.4, 0.5) is 0 Å². The van der Waals surface area contributed by atoms with Gasteiger partial charge in [0.2, 0.25) is 5.91 Å². The van der Waals surface area contributed by atoms with Crippen LogP contribution in [0.15, 0.2) is 42.7 Å². The maximum Gasteiger partial charge on any atom is 0.244 e. The molecular formula is C13H11ClN2OS. The highest BCUT2D eigenvalue weighted by Gasteiger charge is 1.97. The third-order valence-electron chi connectivity index (χ3n) is 2.18. The molecule has 2 rings (SSSR count). The van der Waals surface area contributed by atoms with Crippen molar-refractivity contribution in [3.63, 3.8) is 0 Å². The summed E-state index contributed by atoms with van der Waals surface area (Å²) in [5.74, 6) is -0.136. The number of carbonyl (C=O) groups is 1. The van der Waals surface area contributed by atoms with Crippen LogP contribution in [0.3, 0.4) is 0 Å². The number of nitrogens with one attached hydrogen (secondary N) is 1. The van der Waals surface area contributed by atoms with Gasteiger partial charge in [0.05, 0.1) is 4.34 Å². The maximum absolute atomic E-state index is 11.5. The molecule has 3 nitrogen and oxygen atoms in total. The molecule has 0 spiro atoms. The van der Waals surface area contributed by atoms with Gasteiger partial charge < -0.3 is 5.32 Å². The second kappa shape index (κ2) is 6.33. The summed E-state index contributed by atoms with van der Waals surface area (Å²) in [5.41, 5.74) is 0.971. The molecule has 0 fully saturated rings. The molecule has 1 amide bonds. The van der Waals surface area contributed by atoms with Crippen molar-refractivity contribution in [2.24, 2.45) is 0 Å². The van der Waals surface area contributed by atoms with Gasteiger partial charge in [-0.1, -0.05) is 17.7 Å². The third kappa shape index (κ3) is 3.98. The zero-order valence-corrected chi connectivity index (χ0v) is 11.0. The van der Waals surface area contributed by atoms with Crippen LogP contribution in [-0.2, 0) is 11.3 Å². The lowest BCUT2D eigenvalue weighted by atomic mass is 10.3. The molecule has 0 atom stereocenters. The number of halogens is 1. The SMILES string of the molecule is O=C(C=Cc1ccc(Cl)s1)NCc1cccnc1. The molecule has 0 bridgehead atoms. The topological polar surface area (TPSA) is 42.0 Å². The van der Waals surface area contributed by atoms with E-state index in [2.05, 4.69) is 10.3 Å². The summed E-state index contributed by atoms with van der Waals surface area (Å²) in [6.45, 7) is 0.474. The largest absolute Gasteiger partial charge is 0.348 e. The molecule has 5 heteroatoms. The monoisotopic (exact) mass is 278 g/mol. The molecule has 0 aliphatic rings. The first kappa shape index (κ1) is 12.8. The molecule has 92 valence electrons. The predicted molar refractivity (Wildman–Crippen MR) is 74.4 cm³/mol. The molecule has 0 aliphatic heterocycles. The Hall–Kier alpha value is -1.65. The van der Waals surface area contributed by atoms with Gasteiger partial charge in [-0.2, -0.15) is 0 Å². The van der Waals surface area contributed by atoms with Gasteiger partial charge in [-0.05, 0) is 29.8 Å². The maximum atomic E-state index is 11.5. The second-order valence-corrected chi connectivity index (χ2v) is 5.30. The minimum atomic E-state index is -0.136. The van der Waals surface area contributed by atoms with E-state index in [1.165, 1.54) is 17.4 Å². The van der Waals surface area contributed by atoms with Crippen molar-refractivity contribution in [2.75, 3.05) is 0 Å². The van der Waals surface area contributed by atoms with E-state index in [0.717, 1.165) is 10.4 Å². The fourth-order valence-corrected chi connectivity index (χ4v) is 2.29. The predicted octanol–water partition coefficient (Wildman–Crippen LogP) is 3.13. The van der Waals surface area contributed by atoms with Crippen molar-refractivity contribution in [1.82, 2.24) is 10.3 Å². The molecule has 0 radical (unpaired) electrons. The highest BCUT2D eigenvalue weighted by Crippen LogP contribution is 2.22. The number of hydrogen-bond donors (Lipinski definition) is 1. The fourth-order valence-electron chi connectivity index (χ4n) is 1.33. The highest BCUT2D eigenvalue weighted by atomic mass is 35.5. The fraction of sp³-hybridized carbons (Fsp3) is 0.0769. The first-order valence-corrected chi connectivity index (χ1v) is 6.53. The molecule has 2 aromatic rings. The number of carbonyl (C=O) groups excluding carboxylic acids is 1. The Kier molecular flexibility index (Phi) is 4.50. The summed E-state index contributed by atoms with van der Waals surface area (Å²) < 4.78 is 0.713. The van der Waals surface area contributed by atoms with Crippen molar-refractivity contribution in [3.8, 4) is 0 Å². The molecule has 2 aromatic heterocycles. The minimum Gasteiger partial charge on any atom is -0.348 e. The summed E-state index contributed by atoms with van der Waals surface area (Å²) in [6, 6.07) is 7.43. The zero-order chi connectivity index (χ0) is 12.8. The molecule has 0 saturated heterocycles. The van der Waals surface area contributed by atoms with Gasteiger partial charge in [0.25, 0.3) is 0 Å². The lowest BCUT2D eigenvalue weighted by Crippen LogP contribution is -2.20. The normalized spacial score (nSPS) is 10.7. The quantitative estimate of drug-likeness (QED) is 0.873. The van der Waals surface area contributed by atoms with Crippen LogP contribution >= 0.6 is 22.9 Å². The van der Waals surface area contributed by atoms with E-state index in [-0.39, 0.29) is 5.91 Å². The molecule has 0 saturated carbocycles. The summed E-state index contributed by atoms with van der Waals surface area (Å²) in [6.07, 6.45) is 6.67. The summed E-state index contributed by atoms with van der Waals surface area (Å²) in [7, 11) is 0. The Morgan fingerprint density at radius 3 is 3.00 bits per heavy atom. The van der Waals surface area contributed by atoms with E-state index in [4.69, 9.17) is 11.6 Å². The van der Waals surface area contributed by atoms with Crippen LogP contribution in [0.2, 0.25) is 4.34 Å². The van der Waals surface area contributed by atoms with E-state index in [0.29, 0.717) is 10.9 Å². The van der Waals surface area contributed by atoms with Crippen LogP contribution in [0.1, 0.15) is 10.4 Å². The molecule has 0 aromatic carbocycles. The van der Waals surface area contributed by atoms with Crippen molar-refractivity contribution >= 4 is 34.9 Å². The minimum absolute atomic E-state index is 0.136. The van der Waals surface area contributed by atoms with Crippen molar-refractivity contribution in [3.05, 3.63) is 57.5 Å². The highest BCUT2D eigenvalue weighted by molar-refractivity contribution is 7.17. The van der Waals surface area contributed by atoms with Gasteiger partial charge in [0, 0.05) is 29.9 Å².